The van der Waals surface area contributed by atoms with Crippen LogP contribution in [0.2, 0.25) is 0 Å². The predicted octanol–water partition coefficient (Wildman–Crippen LogP) is 1.69. The van der Waals surface area contributed by atoms with Gasteiger partial charge >= 0.3 is 5.97 Å². The molecule has 0 bridgehead atoms. The van der Waals surface area contributed by atoms with Crippen LogP contribution in [0.15, 0.2) is 16.7 Å². The van der Waals surface area contributed by atoms with Crippen LogP contribution in [0.3, 0.4) is 0 Å². The van der Waals surface area contributed by atoms with E-state index in [1.807, 2.05) is 6.07 Å². The summed E-state index contributed by atoms with van der Waals surface area (Å²) in [5.74, 6) is -0.341. The summed E-state index contributed by atoms with van der Waals surface area (Å²) in [7, 11) is 0. The van der Waals surface area contributed by atoms with Crippen molar-refractivity contribution in [3.8, 4) is 6.07 Å². The molecule has 4 nitrogen and oxygen atoms in total. The number of hydrogen-bond donors (Lipinski definition) is 0. The van der Waals surface area contributed by atoms with Crippen molar-refractivity contribution < 1.29 is 9.53 Å². The number of rotatable bonds is 3. The van der Waals surface area contributed by atoms with Crippen molar-refractivity contribution in [2.75, 3.05) is 6.61 Å². The molecular weight excluding hydrogens is 248 g/mol. The van der Waals surface area contributed by atoms with Crippen molar-refractivity contribution in [1.82, 2.24) is 4.57 Å². The molecular formula is C9H9BrN2O2. The minimum atomic E-state index is -0.341. The molecule has 14 heavy (non-hydrogen) atoms. The van der Waals surface area contributed by atoms with E-state index < -0.39 is 0 Å². The predicted molar refractivity (Wildman–Crippen MR) is 53.5 cm³/mol. The summed E-state index contributed by atoms with van der Waals surface area (Å²) < 4.78 is 7.09. The Hall–Kier alpha value is -1.28. The van der Waals surface area contributed by atoms with Gasteiger partial charge in [0.1, 0.15) is 18.3 Å². The van der Waals surface area contributed by atoms with Gasteiger partial charge in [0.2, 0.25) is 0 Å². The molecule has 1 aromatic heterocycles. The number of hydrogen-bond acceptors (Lipinski definition) is 3. The molecule has 0 saturated heterocycles. The number of carbonyl (C=O) groups excluding carboxylic acids is 1. The first-order valence-electron chi connectivity index (χ1n) is 4.08. The molecule has 1 aromatic rings. The molecule has 0 unspecified atom stereocenters. The highest BCUT2D eigenvalue weighted by Gasteiger charge is 2.08. The Morgan fingerprint density at radius 3 is 3.07 bits per heavy atom. The average molecular weight is 257 g/mol. The van der Waals surface area contributed by atoms with Gasteiger partial charge in [-0.25, -0.2) is 0 Å². The maximum absolute atomic E-state index is 11.1. The zero-order chi connectivity index (χ0) is 10.6. The SMILES string of the molecule is CCOC(=O)Cn1cc(Br)cc1C#N. The molecule has 0 radical (unpaired) electrons. The van der Waals surface area contributed by atoms with E-state index in [0.29, 0.717) is 12.3 Å². The van der Waals surface area contributed by atoms with Crippen molar-refractivity contribution in [3.05, 3.63) is 22.4 Å². The second-order valence-corrected chi connectivity index (χ2v) is 3.50. The van der Waals surface area contributed by atoms with Gasteiger partial charge < -0.3 is 9.30 Å². The zero-order valence-corrected chi connectivity index (χ0v) is 9.24. The summed E-state index contributed by atoms with van der Waals surface area (Å²) in [5, 5.41) is 8.73. The van der Waals surface area contributed by atoms with Crippen molar-refractivity contribution in [1.29, 1.82) is 5.26 Å². The second kappa shape index (κ2) is 4.82. The summed E-state index contributed by atoms with van der Waals surface area (Å²) in [4.78, 5) is 11.1. The van der Waals surface area contributed by atoms with Gasteiger partial charge in [-0.1, -0.05) is 0 Å². The topological polar surface area (TPSA) is 55.0 Å². The molecule has 0 aliphatic rings. The van der Waals surface area contributed by atoms with Gasteiger partial charge in [0.05, 0.1) is 6.61 Å². The number of nitrogens with zero attached hydrogens (tertiary/aromatic N) is 2. The van der Waals surface area contributed by atoms with Crippen LogP contribution in [0.1, 0.15) is 12.6 Å². The number of esters is 1. The summed E-state index contributed by atoms with van der Waals surface area (Å²) in [6, 6.07) is 3.64. The third kappa shape index (κ3) is 2.60. The first-order valence-corrected chi connectivity index (χ1v) is 4.88. The van der Waals surface area contributed by atoms with Gasteiger partial charge in [-0.05, 0) is 28.9 Å². The Bertz CT molecular complexity index is 379. The Morgan fingerprint density at radius 2 is 2.50 bits per heavy atom. The van der Waals surface area contributed by atoms with E-state index in [1.54, 1.807) is 23.8 Å². The van der Waals surface area contributed by atoms with Gasteiger partial charge in [-0.3, -0.25) is 4.79 Å². The summed E-state index contributed by atoms with van der Waals surface area (Å²) in [6.45, 7) is 2.17. The van der Waals surface area contributed by atoms with Crippen molar-refractivity contribution in [2.45, 2.75) is 13.5 Å². The van der Waals surface area contributed by atoms with Crippen LogP contribution in [-0.2, 0) is 16.1 Å². The van der Waals surface area contributed by atoms with Crippen molar-refractivity contribution in [3.63, 3.8) is 0 Å². The fourth-order valence-electron chi connectivity index (χ4n) is 1.04. The van der Waals surface area contributed by atoms with E-state index >= 15 is 0 Å². The van der Waals surface area contributed by atoms with Crippen LogP contribution in [0, 0.1) is 11.3 Å². The fourth-order valence-corrected chi connectivity index (χ4v) is 1.51. The van der Waals surface area contributed by atoms with Crippen molar-refractivity contribution >= 4 is 21.9 Å². The summed E-state index contributed by atoms with van der Waals surface area (Å²) in [6.07, 6.45) is 1.68. The standard InChI is InChI=1S/C9H9BrN2O2/c1-2-14-9(13)6-12-5-7(10)3-8(12)4-11/h3,5H,2,6H2,1H3. The quantitative estimate of drug-likeness (QED) is 0.774. The van der Waals surface area contributed by atoms with Gasteiger partial charge in [0.15, 0.2) is 0 Å². The molecule has 0 fully saturated rings. The van der Waals surface area contributed by atoms with E-state index in [0.717, 1.165) is 4.47 Å². The molecule has 74 valence electrons. The largest absolute Gasteiger partial charge is 0.465 e. The highest BCUT2D eigenvalue weighted by Crippen LogP contribution is 2.14. The molecule has 0 amide bonds. The molecule has 0 N–H and O–H groups in total. The number of ether oxygens (including phenoxy) is 1. The van der Waals surface area contributed by atoms with Gasteiger partial charge in [0.25, 0.3) is 0 Å². The lowest BCUT2D eigenvalue weighted by atomic mass is 10.4. The van der Waals surface area contributed by atoms with Gasteiger partial charge in [-0.15, -0.1) is 0 Å². The highest BCUT2D eigenvalue weighted by atomic mass is 79.9. The minimum Gasteiger partial charge on any atom is -0.465 e. The van der Waals surface area contributed by atoms with Crippen LogP contribution in [-0.4, -0.2) is 17.1 Å². The highest BCUT2D eigenvalue weighted by molar-refractivity contribution is 9.10. The Balaban J connectivity index is 2.76. The van der Waals surface area contributed by atoms with E-state index in [2.05, 4.69) is 15.9 Å². The summed E-state index contributed by atoms with van der Waals surface area (Å²) >= 11 is 3.23. The van der Waals surface area contributed by atoms with Gasteiger partial charge in [0, 0.05) is 10.7 Å². The molecule has 5 heteroatoms. The Labute approximate surface area is 90.2 Å². The monoisotopic (exact) mass is 256 g/mol. The lowest BCUT2D eigenvalue weighted by molar-refractivity contribution is -0.143. The van der Waals surface area contributed by atoms with Crippen LogP contribution in [0.25, 0.3) is 0 Å². The third-order valence-corrected chi connectivity index (χ3v) is 2.02. The first kappa shape index (κ1) is 10.8. The second-order valence-electron chi connectivity index (χ2n) is 2.59. The third-order valence-electron chi connectivity index (χ3n) is 1.58. The normalized spacial score (nSPS) is 9.50. The van der Waals surface area contributed by atoms with Crippen LogP contribution >= 0.6 is 15.9 Å². The van der Waals surface area contributed by atoms with E-state index in [-0.39, 0.29) is 12.5 Å². The molecule has 0 aliphatic carbocycles. The number of aromatic nitrogens is 1. The lowest BCUT2D eigenvalue weighted by Crippen LogP contribution is -2.13. The zero-order valence-electron chi connectivity index (χ0n) is 7.66. The lowest BCUT2D eigenvalue weighted by Gasteiger charge is -2.03. The molecule has 0 aromatic carbocycles. The van der Waals surface area contributed by atoms with E-state index in [9.17, 15) is 4.79 Å². The Morgan fingerprint density at radius 1 is 1.79 bits per heavy atom. The molecule has 0 spiro atoms. The maximum Gasteiger partial charge on any atom is 0.325 e. The molecule has 1 heterocycles. The fraction of sp³-hybridized carbons (Fsp3) is 0.333. The van der Waals surface area contributed by atoms with E-state index in [1.165, 1.54) is 0 Å². The number of nitriles is 1. The van der Waals surface area contributed by atoms with Gasteiger partial charge in [-0.2, -0.15) is 5.26 Å². The summed E-state index contributed by atoms with van der Waals surface area (Å²) in [5.41, 5.74) is 0.435. The van der Waals surface area contributed by atoms with Crippen LogP contribution in [0.5, 0.6) is 0 Å². The first-order chi connectivity index (χ1) is 6.67. The van der Waals surface area contributed by atoms with Crippen LogP contribution < -0.4 is 0 Å². The molecule has 0 atom stereocenters. The van der Waals surface area contributed by atoms with E-state index in [4.69, 9.17) is 10.00 Å². The molecule has 0 aliphatic heterocycles. The van der Waals surface area contributed by atoms with Crippen molar-refractivity contribution in [2.24, 2.45) is 0 Å². The molecule has 0 saturated carbocycles. The average Bonchev–Trinajstić information content (AvgIpc) is 2.46. The smallest absolute Gasteiger partial charge is 0.325 e. The minimum absolute atomic E-state index is 0.0718. The number of halogens is 1. The maximum atomic E-state index is 11.1. The van der Waals surface area contributed by atoms with Crippen LogP contribution in [0.4, 0.5) is 0 Å². The number of carbonyl (C=O) groups is 1. The molecule has 1 rings (SSSR count). The Kier molecular flexibility index (Phi) is 3.72.